The fourth-order valence-corrected chi connectivity index (χ4v) is 1.40. The van der Waals surface area contributed by atoms with E-state index in [0.29, 0.717) is 16.5 Å². The summed E-state index contributed by atoms with van der Waals surface area (Å²) in [6, 6.07) is 5.28. The third kappa shape index (κ3) is 3.27. The monoisotopic (exact) mass is 231 g/mol. The Hall–Kier alpha value is -0.970. The normalized spacial score (nSPS) is 12.3. The van der Waals surface area contributed by atoms with E-state index in [2.05, 4.69) is 5.32 Å². The van der Waals surface area contributed by atoms with Gasteiger partial charge in [-0.1, -0.05) is 17.7 Å². The average molecular weight is 232 g/mol. The lowest BCUT2D eigenvalue weighted by Gasteiger charge is -2.14. The molecule has 5 heteroatoms. The van der Waals surface area contributed by atoms with Crippen LogP contribution in [0.3, 0.4) is 0 Å². The number of aliphatic hydroxyl groups is 2. The molecule has 0 saturated heterocycles. The van der Waals surface area contributed by atoms with E-state index in [9.17, 15) is 0 Å². The van der Waals surface area contributed by atoms with Crippen molar-refractivity contribution in [2.75, 3.05) is 25.6 Å². The highest BCUT2D eigenvalue weighted by Gasteiger charge is 2.08. The number of anilines is 1. The summed E-state index contributed by atoms with van der Waals surface area (Å²) in [5, 5.41) is 21.2. The van der Waals surface area contributed by atoms with Gasteiger partial charge in [-0.2, -0.15) is 0 Å². The van der Waals surface area contributed by atoms with Gasteiger partial charge in [0, 0.05) is 6.54 Å². The van der Waals surface area contributed by atoms with Crippen LogP contribution in [0, 0.1) is 0 Å². The Kier molecular flexibility index (Phi) is 4.68. The van der Waals surface area contributed by atoms with E-state index < -0.39 is 6.10 Å². The van der Waals surface area contributed by atoms with E-state index in [0.717, 1.165) is 0 Å². The molecule has 0 amide bonds. The summed E-state index contributed by atoms with van der Waals surface area (Å²) >= 11 is 5.90. The van der Waals surface area contributed by atoms with Gasteiger partial charge in [0.25, 0.3) is 0 Å². The molecule has 15 heavy (non-hydrogen) atoms. The van der Waals surface area contributed by atoms with Crippen molar-refractivity contribution in [3.8, 4) is 5.75 Å². The van der Waals surface area contributed by atoms with Crippen LogP contribution in [0.4, 0.5) is 5.69 Å². The van der Waals surface area contributed by atoms with Crippen LogP contribution in [0.25, 0.3) is 0 Å². The summed E-state index contributed by atoms with van der Waals surface area (Å²) in [5.74, 6) is 0.532. The van der Waals surface area contributed by atoms with Gasteiger partial charge in [-0.3, -0.25) is 0 Å². The van der Waals surface area contributed by atoms with Gasteiger partial charge in [-0.25, -0.2) is 0 Å². The maximum atomic E-state index is 9.17. The van der Waals surface area contributed by atoms with Crippen molar-refractivity contribution in [2.45, 2.75) is 6.10 Å². The van der Waals surface area contributed by atoms with Crippen LogP contribution in [0.2, 0.25) is 5.02 Å². The topological polar surface area (TPSA) is 61.7 Å². The van der Waals surface area contributed by atoms with Crippen molar-refractivity contribution in [3.63, 3.8) is 0 Å². The lowest BCUT2D eigenvalue weighted by molar-refractivity contribution is 0.105. The maximum absolute atomic E-state index is 9.17. The quantitative estimate of drug-likeness (QED) is 0.711. The Labute approximate surface area is 93.4 Å². The van der Waals surface area contributed by atoms with E-state index in [1.807, 2.05) is 0 Å². The molecule has 0 aliphatic carbocycles. The molecule has 84 valence electrons. The minimum absolute atomic E-state index is 0.243. The fraction of sp³-hybridized carbons (Fsp3) is 0.400. The molecule has 0 bridgehead atoms. The standard InChI is InChI=1S/C10H14ClNO3/c1-15-10-8(11)3-2-4-9(10)12-5-7(14)6-13/h2-4,7,12-14H,5-6H2,1H3. The van der Waals surface area contributed by atoms with Gasteiger partial charge in [-0.05, 0) is 12.1 Å². The molecule has 1 aromatic carbocycles. The van der Waals surface area contributed by atoms with Crippen molar-refractivity contribution in [1.29, 1.82) is 0 Å². The summed E-state index contributed by atoms with van der Waals surface area (Å²) in [6.07, 6.45) is -0.798. The molecule has 1 rings (SSSR count). The number of rotatable bonds is 5. The van der Waals surface area contributed by atoms with Gasteiger partial charge in [0.05, 0.1) is 30.5 Å². The van der Waals surface area contributed by atoms with Crippen molar-refractivity contribution in [2.24, 2.45) is 0 Å². The predicted octanol–water partition coefficient (Wildman–Crippen LogP) is 1.11. The fourth-order valence-electron chi connectivity index (χ4n) is 1.15. The Morgan fingerprint density at radius 1 is 1.53 bits per heavy atom. The number of halogens is 1. The molecule has 0 saturated carbocycles. The van der Waals surface area contributed by atoms with Gasteiger partial charge in [0.1, 0.15) is 0 Å². The summed E-state index contributed by atoms with van der Waals surface area (Å²) in [4.78, 5) is 0. The lowest BCUT2D eigenvalue weighted by atomic mass is 10.2. The van der Waals surface area contributed by atoms with E-state index in [-0.39, 0.29) is 13.2 Å². The molecule has 1 atom stereocenters. The molecule has 0 aliphatic rings. The zero-order valence-corrected chi connectivity index (χ0v) is 9.16. The molecular weight excluding hydrogens is 218 g/mol. The van der Waals surface area contributed by atoms with E-state index in [4.69, 9.17) is 26.6 Å². The van der Waals surface area contributed by atoms with Crippen LogP contribution in [-0.4, -0.2) is 36.6 Å². The van der Waals surface area contributed by atoms with E-state index >= 15 is 0 Å². The summed E-state index contributed by atoms with van der Waals surface area (Å²) in [7, 11) is 1.52. The number of para-hydroxylation sites is 1. The second-order valence-electron chi connectivity index (χ2n) is 3.04. The van der Waals surface area contributed by atoms with Gasteiger partial charge in [0.2, 0.25) is 0 Å². The van der Waals surface area contributed by atoms with Crippen molar-refractivity contribution >= 4 is 17.3 Å². The number of benzene rings is 1. The third-order valence-corrected chi connectivity index (χ3v) is 2.21. The number of ether oxygens (including phenoxy) is 1. The molecule has 0 radical (unpaired) electrons. The summed E-state index contributed by atoms with van der Waals surface area (Å²) < 4.78 is 5.10. The minimum atomic E-state index is -0.798. The third-order valence-electron chi connectivity index (χ3n) is 1.91. The van der Waals surface area contributed by atoms with Crippen LogP contribution in [0.1, 0.15) is 0 Å². The van der Waals surface area contributed by atoms with Gasteiger partial charge < -0.3 is 20.3 Å². The molecule has 0 spiro atoms. The van der Waals surface area contributed by atoms with Crippen molar-refractivity contribution < 1.29 is 14.9 Å². The maximum Gasteiger partial charge on any atom is 0.160 e. The Morgan fingerprint density at radius 2 is 2.27 bits per heavy atom. The molecule has 1 unspecified atom stereocenters. The van der Waals surface area contributed by atoms with Crippen LogP contribution >= 0.6 is 11.6 Å². The molecular formula is C10H14ClNO3. The highest BCUT2D eigenvalue weighted by atomic mass is 35.5. The second-order valence-corrected chi connectivity index (χ2v) is 3.45. The predicted molar refractivity (Wildman–Crippen MR) is 59.6 cm³/mol. The van der Waals surface area contributed by atoms with E-state index in [1.54, 1.807) is 18.2 Å². The Bertz CT molecular complexity index is 320. The molecule has 3 N–H and O–H groups in total. The highest BCUT2D eigenvalue weighted by molar-refractivity contribution is 6.32. The van der Waals surface area contributed by atoms with Crippen molar-refractivity contribution in [3.05, 3.63) is 23.2 Å². The van der Waals surface area contributed by atoms with Crippen LogP contribution < -0.4 is 10.1 Å². The van der Waals surface area contributed by atoms with E-state index in [1.165, 1.54) is 7.11 Å². The first kappa shape index (κ1) is 12.1. The first-order valence-electron chi connectivity index (χ1n) is 4.54. The smallest absolute Gasteiger partial charge is 0.160 e. The summed E-state index contributed by atoms with van der Waals surface area (Å²) in [6.45, 7) is -0.0386. The minimum Gasteiger partial charge on any atom is -0.493 e. The van der Waals surface area contributed by atoms with Crippen LogP contribution in [0.5, 0.6) is 5.75 Å². The highest BCUT2D eigenvalue weighted by Crippen LogP contribution is 2.32. The van der Waals surface area contributed by atoms with Crippen LogP contribution in [0.15, 0.2) is 18.2 Å². The number of hydrogen-bond acceptors (Lipinski definition) is 4. The number of nitrogens with one attached hydrogen (secondary N) is 1. The average Bonchev–Trinajstić information content (AvgIpc) is 2.25. The molecule has 0 heterocycles. The summed E-state index contributed by atoms with van der Waals surface area (Å²) in [5.41, 5.74) is 0.692. The first-order valence-corrected chi connectivity index (χ1v) is 4.92. The SMILES string of the molecule is COc1c(Cl)cccc1NCC(O)CO. The largest absolute Gasteiger partial charge is 0.493 e. The second kappa shape index (κ2) is 5.80. The molecule has 0 fully saturated rings. The zero-order valence-electron chi connectivity index (χ0n) is 8.40. The van der Waals surface area contributed by atoms with Crippen LogP contribution in [-0.2, 0) is 0 Å². The van der Waals surface area contributed by atoms with Gasteiger partial charge in [-0.15, -0.1) is 0 Å². The molecule has 1 aromatic rings. The van der Waals surface area contributed by atoms with Crippen molar-refractivity contribution in [1.82, 2.24) is 0 Å². The number of methoxy groups -OCH3 is 1. The number of aliphatic hydroxyl groups excluding tert-OH is 2. The zero-order chi connectivity index (χ0) is 11.3. The number of hydrogen-bond donors (Lipinski definition) is 3. The molecule has 4 nitrogen and oxygen atoms in total. The Morgan fingerprint density at radius 3 is 2.87 bits per heavy atom. The van der Waals surface area contributed by atoms with Gasteiger partial charge in [0.15, 0.2) is 5.75 Å². The molecule has 0 aromatic heterocycles. The Balaban J connectivity index is 2.72. The van der Waals surface area contributed by atoms with Gasteiger partial charge >= 0.3 is 0 Å². The lowest BCUT2D eigenvalue weighted by Crippen LogP contribution is -2.23. The first-order chi connectivity index (χ1) is 7.19. The molecule has 0 aliphatic heterocycles.